The third-order valence-electron chi connectivity index (χ3n) is 2.41. The summed E-state index contributed by atoms with van der Waals surface area (Å²) < 4.78 is 12.9. The van der Waals surface area contributed by atoms with Crippen molar-refractivity contribution in [2.24, 2.45) is 0 Å². The molecule has 0 heterocycles. The van der Waals surface area contributed by atoms with Crippen LogP contribution in [0.5, 0.6) is 11.5 Å². The normalized spacial score (nSPS) is 10.9. The molecule has 0 bridgehead atoms. The minimum absolute atomic E-state index is 0.150. The van der Waals surface area contributed by atoms with Gasteiger partial charge >= 0.3 is 0 Å². The quantitative estimate of drug-likeness (QED) is 0.286. The van der Waals surface area contributed by atoms with Crippen molar-refractivity contribution in [2.45, 2.75) is 10.4 Å². The standard InChI is InChI=1S/C11H11Cl3N2O5/c1-19-8-3-6(5-21-10(15)11(12,13)14)7(16(17)18)4-9(8)20-2/h3-4,15H,5H2,1-2H3. The number of nitro benzene ring substituents is 1. The van der Waals surface area contributed by atoms with Gasteiger partial charge in [-0.3, -0.25) is 15.5 Å². The Balaban J connectivity index is 3.10. The van der Waals surface area contributed by atoms with Gasteiger partial charge in [-0.15, -0.1) is 0 Å². The first-order valence-corrected chi connectivity index (χ1v) is 6.52. The lowest BCUT2D eigenvalue weighted by molar-refractivity contribution is -0.385. The van der Waals surface area contributed by atoms with Gasteiger partial charge in [-0.25, -0.2) is 0 Å². The summed E-state index contributed by atoms with van der Waals surface area (Å²) in [7, 11) is 2.74. The van der Waals surface area contributed by atoms with Crippen molar-refractivity contribution >= 4 is 46.4 Å². The number of hydrogen-bond acceptors (Lipinski definition) is 6. The maximum atomic E-state index is 11.1. The van der Waals surface area contributed by atoms with Crippen LogP contribution in [-0.2, 0) is 11.3 Å². The van der Waals surface area contributed by atoms with Crippen molar-refractivity contribution < 1.29 is 19.1 Å². The van der Waals surface area contributed by atoms with Gasteiger partial charge in [-0.1, -0.05) is 34.8 Å². The van der Waals surface area contributed by atoms with E-state index >= 15 is 0 Å². The largest absolute Gasteiger partial charge is 0.493 e. The number of nitrogens with zero attached hydrogens (tertiary/aromatic N) is 1. The number of nitrogens with one attached hydrogen (secondary N) is 1. The van der Waals surface area contributed by atoms with Crippen LogP contribution in [0.25, 0.3) is 0 Å². The van der Waals surface area contributed by atoms with Gasteiger partial charge in [0.05, 0.1) is 30.8 Å². The van der Waals surface area contributed by atoms with Crippen LogP contribution >= 0.6 is 34.8 Å². The van der Waals surface area contributed by atoms with E-state index in [1.54, 1.807) is 0 Å². The fraction of sp³-hybridized carbons (Fsp3) is 0.364. The lowest BCUT2D eigenvalue weighted by Gasteiger charge is -2.15. The molecule has 0 saturated heterocycles. The Morgan fingerprint density at radius 2 is 1.81 bits per heavy atom. The molecule has 0 radical (unpaired) electrons. The average molecular weight is 358 g/mol. The van der Waals surface area contributed by atoms with Gasteiger partial charge in [0, 0.05) is 0 Å². The van der Waals surface area contributed by atoms with Crippen LogP contribution in [0.2, 0.25) is 0 Å². The van der Waals surface area contributed by atoms with Crippen molar-refractivity contribution in [3.05, 3.63) is 27.8 Å². The zero-order valence-corrected chi connectivity index (χ0v) is 13.3. The number of ether oxygens (including phenoxy) is 3. The molecule has 116 valence electrons. The highest BCUT2D eigenvalue weighted by molar-refractivity contribution is 6.76. The average Bonchev–Trinajstić information content (AvgIpc) is 2.42. The molecule has 10 heteroatoms. The summed E-state index contributed by atoms with van der Waals surface area (Å²) in [6.45, 7) is -0.330. The number of halogens is 3. The predicted molar refractivity (Wildman–Crippen MR) is 79.0 cm³/mol. The minimum atomic E-state index is -2.04. The van der Waals surface area contributed by atoms with Crippen molar-refractivity contribution in [1.29, 1.82) is 5.41 Å². The SMILES string of the molecule is COc1cc(COC(=N)C(Cl)(Cl)Cl)c([N+](=O)[O-])cc1OC. The fourth-order valence-electron chi connectivity index (χ4n) is 1.43. The van der Waals surface area contributed by atoms with Crippen LogP contribution in [-0.4, -0.2) is 28.8 Å². The highest BCUT2D eigenvalue weighted by atomic mass is 35.6. The van der Waals surface area contributed by atoms with E-state index in [-0.39, 0.29) is 29.4 Å². The molecule has 7 nitrogen and oxygen atoms in total. The summed E-state index contributed by atoms with van der Waals surface area (Å²) >= 11 is 16.4. The van der Waals surface area contributed by atoms with Crippen molar-refractivity contribution in [3.63, 3.8) is 0 Å². The monoisotopic (exact) mass is 356 g/mol. The topological polar surface area (TPSA) is 94.7 Å². The molecule has 1 rings (SSSR count). The van der Waals surface area contributed by atoms with Gasteiger partial charge in [-0.05, 0) is 6.07 Å². The first kappa shape index (κ1) is 17.6. The molecule has 0 aliphatic carbocycles. The molecule has 0 saturated carbocycles. The van der Waals surface area contributed by atoms with Crippen LogP contribution in [0.3, 0.4) is 0 Å². The molecular weight excluding hydrogens is 346 g/mol. The first-order valence-electron chi connectivity index (χ1n) is 5.38. The van der Waals surface area contributed by atoms with Crippen molar-refractivity contribution in [3.8, 4) is 11.5 Å². The van der Waals surface area contributed by atoms with E-state index in [1.807, 2.05) is 0 Å². The lowest BCUT2D eigenvalue weighted by Crippen LogP contribution is -2.21. The van der Waals surface area contributed by atoms with E-state index in [0.29, 0.717) is 0 Å². The molecule has 1 aromatic carbocycles. The van der Waals surface area contributed by atoms with E-state index in [1.165, 1.54) is 26.4 Å². The highest BCUT2D eigenvalue weighted by Gasteiger charge is 2.29. The molecule has 0 aromatic heterocycles. The summed E-state index contributed by atoms with van der Waals surface area (Å²) in [5, 5.41) is 18.5. The van der Waals surface area contributed by atoms with Crippen molar-refractivity contribution in [1.82, 2.24) is 0 Å². The van der Waals surface area contributed by atoms with Crippen LogP contribution in [0.1, 0.15) is 5.56 Å². The number of alkyl halides is 3. The second kappa shape index (κ2) is 7.02. The Morgan fingerprint density at radius 3 is 2.24 bits per heavy atom. The smallest absolute Gasteiger partial charge is 0.280 e. The predicted octanol–water partition coefficient (Wildman–Crippen LogP) is 3.48. The lowest BCUT2D eigenvalue weighted by atomic mass is 10.1. The van der Waals surface area contributed by atoms with Gasteiger partial charge in [0.1, 0.15) is 6.61 Å². The Morgan fingerprint density at radius 1 is 1.29 bits per heavy atom. The van der Waals surface area contributed by atoms with E-state index < -0.39 is 14.6 Å². The van der Waals surface area contributed by atoms with E-state index in [9.17, 15) is 10.1 Å². The second-order valence-corrected chi connectivity index (χ2v) is 5.99. The third kappa shape index (κ3) is 4.52. The molecular formula is C11H11Cl3N2O5. The van der Waals surface area contributed by atoms with Gasteiger partial charge in [0.25, 0.3) is 9.48 Å². The van der Waals surface area contributed by atoms with Crippen molar-refractivity contribution in [2.75, 3.05) is 14.2 Å². The van der Waals surface area contributed by atoms with Crippen LogP contribution in [0.4, 0.5) is 5.69 Å². The molecule has 0 amide bonds. The van der Waals surface area contributed by atoms with Crippen LogP contribution < -0.4 is 9.47 Å². The maximum Gasteiger partial charge on any atom is 0.280 e. The first-order chi connectivity index (χ1) is 9.70. The summed E-state index contributed by atoms with van der Waals surface area (Å²) in [5.41, 5.74) is -0.110. The molecule has 1 aromatic rings. The van der Waals surface area contributed by atoms with Gasteiger partial charge in [-0.2, -0.15) is 0 Å². The van der Waals surface area contributed by atoms with E-state index in [4.69, 9.17) is 54.4 Å². The Hall–Kier alpha value is -1.44. The summed E-state index contributed by atoms with van der Waals surface area (Å²) in [5.74, 6) is -0.164. The molecule has 0 unspecified atom stereocenters. The molecule has 21 heavy (non-hydrogen) atoms. The molecule has 0 aliphatic heterocycles. The molecule has 0 atom stereocenters. The van der Waals surface area contributed by atoms with E-state index in [0.717, 1.165) is 0 Å². The number of benzene rings is 1. The Labute approximate surface area is 135 Å². The number of rotatable bonds is 5. The van der Waals surface area contributed by atoms with Gasteiger partial charge < -0.3 is 14.2 Å². The molecule has 0 spiro atoms. The molecule has 0 fully saturated rings. The third-order valence-corrected chi connectivity index (χ3v) is 2.93. The van der Waals surface area contributed by atoms with Gasteiger partial charge in [0.2, 0.25) is 5.90 Å². The highest BCUT2D eigenvalue weighted by Crippen LogP contribution is 2.35. The minimum Gasteiger partial charge on any atom is -0.493 e. The fourth-order valence-corrected chi connectivity index (χ4v) is 1.59. The Bertz CT molecular complexity index is 560. The number of nitro groups is 1. The van der Waals surface area contributed by atoms with Gasteiger partial charge in [0.15, 0.2) is 11.5 Å². The maximum absolute atomic E-state index is 11.1. The van der Waals surface area contributed by atoms with Crippen LogP contribution in [0.15, 0.2) is 12.1 Å². The summed E-state index contributed by atoms with van der Waals surface area (Å²) in [6.07, 6.45) is 0. The number of hydrogen-bond donors (Lipinski definition) is 1. The van der Waals surface area contributed by atoms with E-state index in [2.05, 4.69) is 0 Å². The number of methoxy groups -OCH3 is 2. The summed E-state index contributed by atoms with van der Waals surface area (Å²) in [6, 6.07) is 2.55. The second-order valence-electron chi connectivity index (χ2n) is 3.71. The zero-order chi connectivity index (χ0) is 16.2. The summed E-state index contributed by atoms with van der Waals surface area (Å²) in [4.78, 5) is 10.4. The Kier molecular flexibility index (Phi) is 5.88. The zero-order valence-electron chi connectivity index (χ0n) is 11.0. The molecule has 0 aliphatic rings. The molecule has 1 N–H and O–H groups in total. The van der Waals surface area contributed by atoms with Crippen LogP contribution in [0, 0.1) is 15.5 Å².